The molecule has 0 unspecified atom stereocenters. The van der Waals surface area contributed by atoms with Crippen LogP contribution in [0.3, 0.4) is 0 Å². The van der Waals surface area contributed by atoms with Crippen molar-refractivity contribution in [3.8, 4) is 22.7 Å². The van der Waals surface area contributed by atoms with E-state index in [1.165, 1.54) is 0 Å². The zero-order valence-electron chi connectivity index (χ0n) is 13.9. The van der Waals surface area contributed by atoms with Gasteiger partial charge in [0.05, 0.1) is 22.5 Å². The topological polar surface area (TPSA) is 110 Å². The van der Waals surface area contributed by atoms with E-state index in [1.807, 2.05) is 0 Å². The van der Waals surface area contributed by atoms with Crippen molar-refractivity contribution in [1.29, 1.82) is 0 Å². The van der Waals surface area contributed by atoms with Crippen molar-refractivity contribution >= 4 is 17.4 Å². The van der Waals surface area contributed by atoms with Crippen LogP contribution >= 0.6 is 11.6 Å². The maximum Gasteiger partial charge on any atom is 0.172 e. The molecule has 0 aliphatic heterocycles. The fraction of sp³-hybridized carbons (Fsp3) is 0.176. The second-order valence-corrected chi connectivity index (χ2v) is 6.03. The number of aromatic hydroxyl groups is 1. The van der Waals surface area contributed by atoms with Crippen molar-refractivity contribution in [1.82, 2.24) is 9.72 Å². The zero-order valence-corrected chi connectivity index (χ0v) is 14.7. The first-order chi connectivity index (χ1) is 11.9. The number of nitrogens with two attached hydrogens (primary N) is 1. The first-order valence-electron chi connectivity index (χ1n) is 7.48. The van der Waals surface area contributed by atoms with Crippen LogP contribution in [0.5, 0.6) is 5.75 Å². The highest BCUT2D eigenvalue weighted by molar-refractivity contribution is 6.32. The van der Waals surface area contributed by atoms with E-state index in [4.69, 9.17) is 21.9 Å². The summed E-state index contributed by atoms with van der Waals surface area (Å²) in [5, 5.41) is 26.3. The SMILES string of the molecule is Cc1noc(C)c1-c1c(C(N)=NO)c(C)c(Cl)n1-c1ccc(O)cc1. The van der Waals surface area contributed by atoms with Crippen molar-refractivity contribution in [2.45, 2.75) is 20.8 Å². The van der Waals surface area contributed by atoms with Gasteiger partial charge in [0, 0.05) is 5.69 Å². The molecule has 25 heavy (non-hydrogen) atoms. The van der Waals surface area contributed by atoms with Gasteiger partial charge in [-0.05, 0) is 50.6 Å². The summed E-state index contributed by atoms with van der Waals surface area (Å²) < 4.78 is 7.05. The Morgan fingerprint density at radius 2 is 1.88 bits per heavy atom. The summed E-state index contributed by atoms with van der Waals surface area (Å²) in [5.41, 5.74) is 9.75. The predicted octanol–water partition coefficient (Wildman–Crippen LogP) is 3.51. The van der Waals surface area contributed by atoms with Crippen LogP contribution in [-0.2, 0) is 0 Å². The Labute approximate surface area is 148 Å². The highest BCUT2D eigenvalue weighted by Gasteiger charge is 2.28. The molecule has 7 nitrogen and oxygen atoms in total. The number of rotatable bonds is 3. The van der Waals surface area contributed by atoms with Gasteiger partial charge >= 0.3 is 0 Å². The average Bonchev–Trinajstić information content (AvgIpc) is 3.05. The quantitative estimate of drug-likeness (QED) is 0.286. The molecule has 8 heteroatoms. The van der Waals surface area contributed by atoms with E-state index in [0.717, 1.165) is 0 Å². The molecule has 0 atom stereocenters. The number of aryl methyl sites for hydroxylation is 2. The molecule has 0 saturated heterocycles. The number of oxime groups is 1. The van der Waals surface area contributed by atoms with Gasteiger partial charge in [-0.15, -0.1) is 0 Å². The van der Waals surface area contributed by atoms with Gasteiger partial charge in [0.15, 0.2) is 5.84 Å². The molecular formula is C17H17ClN4O3. The minimum Gasteiger partial charge on any atom is -0.508 e. The van der Waals surface area contributed by atoms with Gasteiger partial charge in [-0.2, -0.15) is 0 Å². The summed E-state index contributed by atoms with van der Waals surface area (Å²) in [5.74, 6) is 0.657. The molecule has 4 N–H and O–H groups in total. The van der Waals surface area contributed by atoms with Gasteiger partial charge in [0.1, 0.15) is 16.7 Å². The average molecular weight is 361 g/mol. The van der Waals surface area contributed by atoms with Crippen molar-refractivity contribution in [2.24, 2.45) is 10.9 Å². The van der Waals surface area contributed by atoms with Crippen molar-refractivity contribution in [3.63, 3.8) is 0 Å². The van der Waals surface area contributed by atoms with Gasteiger partial charge in [0.2, 0.25) is 0 Å². The van der Waals surface area contributed by atoms with Crippen molar-refractivity contribution in [2.75, 3.05) is 0 Å². The summed E-state index contributed by atoms with van der Waals surface area (Å²) in [6.45, 7) is 5.37. The largest absolute Gasteiger partial charge is 0.508 e. The number of benzene rings is 1. The number of phenols is 1. The number of aromatic nitrogens is 2. The van der Waals surface area contributed by atoms with Crippen LogP contribution < -0.4 is 5.73 Å². The van der Waals surface area contributed by atoms with E-state index in [2.05, 4.69) is 10.3 Å². The number of hydrogen-bond acceptors (Lipinski definition) is 5. The molecule has 0 aliphatic rings. The Morgan fingerprint density at radius 1 is 1.24 bits per heavy atom. The molecule has 130 valence electrons. The number of hydrogen-bond donors (Lipinski definition) is 3. The molecule has 0 spiro atoms. The standard InChI is InChI=1S/C17H17ClN4O3/c1-8-13(17(19)20-24)15(14-9(2)21-25-10(14)3)22(16(8)18)11-4-6-12(23)7-5-11/h4-7,23-24H,1-3H3,(H2,19,20). The maximum absolute atomic E-state index is 9.56. The maximum atomic E-state index is 9.56. The van der Waals surface area contributed by atoms with E-state index >= 15 is 0 Å². The summed E-state index contributed by atoms with van der Waals surface area (Å²) in [7, 11) is 0. The predicted molar refractivity (Wildman–Crippen MR) is 94.7 cm³/mol. The summed E-state index contributed by atoms with van der Waals surface area (Å²) in [6.07, 6.45) is 0. The smallest absolute Gasteiger partial charge is 0.172 e. The van der Waals surface area contributed by atoms with Crippen LogP contribution in [0.2, 0.25) is 5.15 Å². The molecule has 0 aliphatic carbocycles. The zero-order chi connectivity index (χ0) is 18.3. The molecule has 0 radical (unpaired) electrons. The molecule has 3 aromatic rings. The Hall–Kier alpha value is -2.93. The monoisotopic (exact) mass is 360 g/mol. The third-order valence-corrected chi connectivity index (χ3v) is 4.54. The van der Waals surface area contributed by atoms with Crippen LogP contribution in [-0.4, -0.2) is 25.9 Å². The Bertz CT molecular complexity index is 951. The van der Waals surface area contributed by atoms with Crippen molar-refractivity contribution < 1.29 is 14.8 Å². The lowest BCUT2D eigenvalue weighted by Gasteiger charge is -2.12. The van der Waals surface area contributed by atoms with E-state index < -0.39 is 0 Å². The third-order valence-electron chi connectivity index (χ3n) is 4.08. The number of phenolic OH excluding ortho intramolecular Hbond substituents is 1. The fourth-order valence-electron chi connectivity index (χ4n) is 2.92. The van der Waals surface area contributed by atoms with Crippen LogP contribution in [0, 0.1) is 20.8 Å². The Balaban J connectivity index is 2.45. The van der Waals surface area contributed by atoms with E-state index in [9.17, 15) is 10.3 Å². The van der Waals surface area contributed by atoms with Crippen LogP contribution in [0.15, 0.2) is 33.9 Å². The Kier molecular flexibility index (Phi) is 4.18. The minimum absolute atomic E-state index is 0.0630. The Morgan fingerprint density at radius 3 is 2.40 bits per heavy atom. The lowest BCUT2D eigenvalue weighted by atomic mass is 10.0. The first-order valence-corrected chi connectivity index (χ1v) is 7.86. The third kappa shape index (κ3) is 2.62. The van der Waals surface area contributed by atoms with Crippen LogP contribution in [0.25, 0.3) is 16.9 Å². The number of amidine groups is 1. The molecule has 0 amide bonds. The molecule has 2 heterocycles. The lowest BCUT2D eigenvalue weighted by molar-refractivity contribution is 0.318. The molecular weight excluding hydrogens is 344 g/mol. The molecule has 0 fully saturated rings. The molecule has 2 aromatic heterocycles. The lowest BCUT2D eigenvalue weighted by Crippen LogP contribution is -2.15. The van der Waals surface area contributed by atoms with Gasteiger partial charge in [-0.3, -0.25) is 4.57 Å². The van der Waals surface area contributed by atoms with Crippen LogP contribution in [0.4, 0.5) is 0 Å². The first kappa shape index (κ1) is 16.9. The minimum atomic E-state index is -0.0630. The molecule has 0 saturated carbocycles. The van der Waals surface area contributed by atoms with E-state index in [0.29, 0.717) is 44.7 Å². The molecule has 3 rings (SSSR count). The van der Waals surface area contributed by atoms with Gasteiger partial charge in [-0.1, -0.05) is 21.9 Å². The van der Waals surface area contributed by atoms with Crippen LogP contribution in [0.1, 0.15) is 22.6 Å². The second-order valence-electron chi connectivity index (χ2n) is 5.68. The van der Waals surface area contributed by atoms with E-state index in [-0.39, 0.29) is 11.6 Å². The summed E-state index contributed by atoms with van der Waals surface area (Å²) in [6, 6.07) is 6.55. The van der Waals surface area contributed by atoms with Gasteiger partial charge in [0.25, 0.3) is 0 Å². The van der Waals surface area contributed by atoms with E-state index in [1.54, 1.807) is 49.6 Å². The highest BCUT2D eigenvalue weighted by atomic mass is 35.5. The number of halogens is 1. The molecule has 1 aromatic carbocycles. The summed E-state index contributed by atoms with van der Waals surface area (Å²) in [4.78, 5) is 0. The molecule has 0 bridgehead atoms. The second kappa shape index (κ2) is 6.18. The van der Waals surface area contributed by atoms with Crippen molar-refractivity contribution in [3.05, 3.63) is 52.0 Å². The fourth-order valence-corrected chi connectivity index (χ4v) is 3.20. The number of nitrogens with zero attached hydrogens (tertiary/aromatic N) is 3. The van der Waals surface area contributed by atoms with Gasteiger partial charge < -0.3 is 20.6 Å². The summed E-state index contributed by atoms with van der Waals surface area (Å²) >= 11 is 6.57. The van der Waals surface area contributed by atoms with Gasteiger partial charge in [-0.25, -0.2) is 0 Å². The normalized spacial score (nSPS) is 11.9. The highest BCUT2D eigenvalue weighted by Crippen LogP contribution is 2.39.